The Balaban J connectivity index is 0.000000720. The fourth-order valence-corrected chi connectivity index (χ4v) is 2.44. The Morgan fingerprint density at radius 3 is 3.08 bits per heavy atom. The van der Waals surface area contributed by atoms with Crippen molar-refractivity contribution in [3.63, 3.8) is 0 Å². The highest BCUT2D eigenvalue weighted by Crippen LogP contribution is 2.32. The van der Waals surface area contributed by atoms with Crippen LogP contribution in [-0.2, 0) is 0 Å². The summed E-state index contributed by atoms with van der Waals surface area (Å²) >= 11 is 1.71. The summed E-state index contributed by atoms with van der Waals surface area (Å²) in [6.45, 7) is 2.81. The van der Waals surface area contributed by atoms with Gasteiger partial charge in [0, 0.05) is 17.5 Å². The van der Waals surface area contributed by atoms with E-state index in [1.165, 1.54) is 4.88 Å². The SMILES string of the molecule is CC1NCC(O)c2ccsc21.Cl. The molecule has 68 valence electrons. The highest BCUT2D eigenvalue weighted by atomic mass is 35.5. The maximum absolute atomic E-state index is 9.51. The van der Waals surface area contributed by atoms with Crippen molar-refractivity contribution in [3.8, 4) is 0 Å². The lowest BCUT2D eigenvalue weighted by Crippen LogP contribution is -2.29. The van der Waals surface area contributed by atoms with Crippen LogP contribution in [-0.4, -0.2) is 11.7 Å². The lowest BCUT2D eigenvalue weighted by Gasteiger charge is -2.24. The average Bonchev–Trinajstić information content (AvgIpc) is 2.45. The second-order valence-electron chi connectivity index (χ2n) is 2.89. The van der Waals surface area contributed by atoms with Crippen molar-refractivity contribution < 1.29 is 5.11 Å². The molecule has 2 N–H and O–H groups in total. The van der Waals surface area contributed by atoms with Crippen LogP contribution in [0.4, 0.5) is 0 Å². The standard InChI is InChI=1S/C8H11NOS.ClH/c1-5-8-6(2-3-11-8)7(10)4-9-5;/h2-3,5,7,9-10H,4H2,1H3;1H. The maximum atomic E-state index is 9.51. The molecule has 2 heterocycles. The fraction of sp³-hybridized carbons (Fsp3) is 0.500. The summed E-state index contributed by atoms with van der Waals surface area (Å²) in [4.78, 5) is 1.28. The highest BCUT2D eigenvalue weighted by molar-refractivity contribution is 7.10. The molecule has 1 aromatic rings. The van der Waals surface area contributed by atoms with Gasteiger partial charge in [0.25, 0.3) is 0 Å². The maximum Gasteiger partial charge on any atom is 0.0925 e. The van der Waals surface area contributed by atoms with Gasteiger partial charge < -0.3 is 10.4 Å². The third-order valence-electron chi connectivity index (χ3n) is 2.10. The van der Waals surface area contributed by atoms with Gasteiger partial charge in [-0.3, -0.25) is 0 Å². The summed E-state index contributed by atoms with van der Waals surface area (Å²) in [6.07, 6.45) is -0.299. The minimum Gasteiger partial charge on any atom is -0.387 e. The Morgan fingerprint density at radius 2 is 2.42 bits per heavy atom. The van der Waals surface area contributed by atoms with Gasteiger partial charge in [0.2, 0.25) is 0 Å². The molecule has 0 saturated carbocycles. The Morgan fingerprint density at radius 1 is 1.67 bits per heavy atom. The number of thiophene rings is 1. The van der Waals surface area contributed by atoms with Crippen LogP contribution in [0, 0.1) is 0 Å². The van der Waals surface area contributed by atoms with E-state index in [0.717, 1.165) is 5.56 Å². The first-order valence-corrected chi connectivity index (χ1v) is 4.65. The second-order valence-corrected chi connectivity index (χ2v) is 3.83. The highest BCUT2D eigenvalue weighted by Gasteiger charge is 2.22. The van der Waals surface area contributed by atoms with Crippen LogP contribution in [0.25, 0.3) is 0 Å². The number of nitrogens with one attached hydrogen (secondary N) is 1. The predicted octanol–water partition coefficient (Wildman–Crippen LogP) is 1.87. The molecular weight excluding hydrogens is 194 g/mol. The van der Waals surface area contributed by atoms with Crippen molar-refractivity contribution in [2.45, 2.75) is 19.1 Å². The molecule has 2 nitrogen and oxygen atoms in total. The third-order valence-corrected chi connectivity index (χ3v) is 3.21. The lowest BCUT2D eigenvalue weighted by molar-refractivity contribution is 0.160. The lowest BCUT2D eigenvalue weighted by atomic mass is 10.0. The molecule has 0 aromatic carbocycles. The number of aliphatic hydroxyl groups excluding tert-OH is 1. The number of halogens is 1. The molecule has 0 amide bonds. The van der Waals surface area contributed by atoms with Crippen LogP contribution < -0.4 is 5.32 Å². The molecule has 1 aliphatic heterocycles. The summed E-state index contributed by atoms with van der Waals surface area (Å²) in [5.74, 6) is 0. The number of aliphatic hydroxyl groups is 1. The summed E-state index contributed by atoms with van der Waals surface area (Å²) in [5, 5.41) is 14.8. The van der Waals surface area contributed by atoms with E-state index < -0.39 is 0 Å². The van der Waals surface area contributed by atoms with Gasteiger partial charge in [-0.15, -0.1) is 23.7 Å². The van der Waals surface area contributed by atoms with Crippen LogP contribution in [0.2, 0.25) is 0 Å². The largest absolute Gasteiger partial charge is 0.387 e. The quantitative estimate of drug-likeness (QED) is 0.678. The van der Waals surface area contributed by atoms with Crippen LogP contribution >= 0.6 is 23.7 Å². The van der Waals surface area contributed by atoms with E-state index in [4.69, 9.17) is 0 Å². The second kappa shape index (κ2) is 3.75. The molecular formula is C8H12ClNOS. The first-order chi connectivity index (χ1) is 5.29. The zero-order chi connectivity index (χ0) is 7.84. The Bertz CT molecular complexity index is 239. The molecule has 1 aromatic heterocycles. The van der Waals surface area contributed by atoms with Gasteiger partial charge in [0.05, 0.1) is 6.10 Å². The van der Waals surface area contributed by atoms with Gasteiger partial charge in [0.15, 0.2) is 0 Å². The summed E-state index contributed by atoms with van der Waals surface area (Å²) < 4.78 is 0. The molecule has 0 spiro atoms. The van der Waals surface area contributed by atoms with E-state index >= 15 is 0 Å². The zero-order valence-corrected chi connectivity index (χ0v) is 8.41. The Kier molecular flexibility index (Phi) is 3.12. The molecule has 4 heteroatoms. The van der Waals surface area contributed by atoms with Crippen molar-refractivity contribution >= 4 is 23.7 Å². The number of hydrogen-bond acceptors (Lipinski definition) is 3. The van der Waals surface area contributed by atoms with E-state index in [-0.39, 0.29) is 18.5 Å². The van der Waals surface area contributed by atoms with Gasteiger partial charge >= 0.3 is 0 Å². The third kappa shape index (κ3) is 1.50. The molecule has 2 unspecified atom stereocenters. The molecule has 1 aliphatic rings. The molecule has 0 saturated heterocycles. The number of hydrogen-bond donors (Lipinski definition) is 2. The van der Waals surface area contributed by atoms with Crippen LogP contribution in [0.5, 0.6) is 0 Å². The average molecular weight is 206 g/mol. The van der Waals surface area contributed by atoms with Crippen molar-refractivity contribution in [2.75, 3.05) is 6.54 Å². The summed E-state index contributed by atoms with van der Waals surface area (Å²) in [5.41, 5.74) is 1.11. The molecule has 2 rings (SSSR count). The molecule has 0 fully saturated rings. The van der Waals surface area contributed by atoms with Crippen molar-refractivity contribution in [3.05, 3.63) is 21.9 Å². The Hall–Kier alpha value is -0.0900. The van der Waals surface area contributed by atoms with Gasteiger partial charge in [-0.25, -0.2) is 0 Å². The van der Waals surface area contributed by atoms with Gasteiger partial charge in [-0.1, -0.05) is 0 Å². The molecule has 0 aliphatic carbocycles. The molecule has 0 bridgehead atoms. The van der Waals surface area contributed by atoms with Gasteiger partial charge in [-0.05, 0) is 23.9 Å². The monoisotopic (exact) mass is 205 g/mol. The minimum atomic E-state index is -0.299. The minimum absolute atomic E-state index is 0. The topological polar surface area (TPSA) is 32.3 Å². The zero-order valence-electron chi connectivity index (χ0n) is 6.78. The van der Waals surface area contributed by atoms with Gasteiger partial charge in [-0.2, -0.15) is 0 Å². The molecule has 0 radical (unpaired) electrons. The molecule has 2 atom stereocenters. The first kappa shape index (κ1) is 9.99. The Labute approximate surface area is 82.0 Å². The van der Waals surface area contributed by atoms with E-state index in [0.29, 0.717) is 12.6 Å². The van der Waals surface area contributed by atoms with Crippen LogP contribution in [0.3, 0.4) is 0 Å². The molecule has 12 heavy (non-hydrogen) atoms. The fourth-order valence-electron chi connectivity index (χ4n) is 1.45. The predicted molar refractivity (Wildman–Crippen MR) is 52.9 cm³/mol. The normalized spacial score (nSPS) is 27.5. The van der Waals surface area contributed by atoms with Crippen molar-refractivity contribution in [2.24, 2.45) is 0 Å². The summed E-state index contributed by atoms with van der Waals surface area (Å²) in [6, 6.07) is 2.43. The summed E-state index contributed by atoms with van der Waals surface area (Å²) in [7, 11) is 0. The van der Waals surface area contributed by atoms with E-state index in [9.17, 15) is 5.11 Å². The van der Waals surface area contributed by atoms with Crippen molar-refractivity contribution in [1.82, 2.24) is 5.32 Å². The first-order valence-electron chi connectivity index (χ1n) is 3.78. The van der Waals surface area contributed by atoms with Crippen LogP contribution in [0.15, 0.2) is 11.4 Å². The number of β-amino-alcohol motifs (C(OH)–C–C–N with tert-alkyl or cyclic N) is 1. The smallest absolute Gasteiger partial charge is 0.0925 e. The van der Waals surface area contributed by atoms with E-state index in [1.54, 1.807) is 11.3 Å². The number of fused-ring (bicyclic) bond motifs is 1. The van der Waals surface area contributed by atoms with Crippen molar-refractivity contribution in [1.29, 1.82) is 0 Å². The van der Waals surface area contributed by atoms with E-state index in [2.05, 4.69) is 12.2 Å². The van der Waals surface area contributed by atoms with E-state index in [1.807, 2.05) is 11.4 Å². The van der Waals surface area contributed by atoms with Crippen LogP contribution in [0.1, 0.15) is 29.5 Å². The van der Waals surface area contributed by atoms with Gasteiger partial charge in [0.1, 0.15) is 0 Å². The number of rotatable bonds is 0.